The third-order valence-electron chi connectivity index (χ3n) is 1.08. The molecule has 0 aromatic carbocycles. The van der Waals surface area contributed by atoms with Crippen LogP contribution in [0.4, 0.5) is 0 Å². The van der Waals surface area contributed by atoms with E-state index in [2.05, 4.69) is 0 Å². The van der Waals surface area contributed by atoms with Crippen LogP contribution in [-0.2, 0) is 13.6 Å². The SMILES string of the molecule is CCO[P+]1(O)OC[C@H](C)O1. The lowest BCUT2D eigenvalue weighted by Crippen LogP contribution is -2.01. The van der Waals surface area contributed by atoms with E-state index in [9.17, 15) is 4.89 Å². The minimum atomic E-state index is -2.88. The first-order valence-corrected chi connectivity index (χ1v) is 4.75. The molecule has 1 unspecified atom stereocenters. The summed E-state index contributed by atoms with van der Waals surface area (Å²) in [7, 11) is -2.88. The Morgan fingerprint density at radius 1 is 1.80 bits per heavy atom. The van der Waals surface area contributed by atoms with Crippen molar-refractivity contribution < 1.29 is 18.5 Å². The highest BCUT2D eigenvalue weighted by atomic mass is 31.2. The fourth-order valence-corrected chi connectivity index (χ4v) is 2.15. The second kappa shape index (κ2) is 3.11. The molecule has 0 amide bonds. The highest BCUT2D eigenvalue weighted by Crippen LogP contribution is 2.62. The van der Waals surface area contributed by atoms with Gasteiger partial charge in [-0.15, -0.1) is 4.52 Å². The number of hydrogen-bond acceptors (Lipinski definition) is 4. The Kier molecular flexibility index (Phi) is 2.61. The molecular formula is C5H12O4P+. The van der Waals surface area contributed by atoms with Crippen LogP contribution in [0.2, 0.25) is 0 Å². The maximum Gasteiger partial charge on any atom is 0.573 e. The van der Waals surface area contributed by atoms with Crippen LogP contribution in [0.3, 0.4) is 0 Å². The third-order valence-corrected chi connectivity index (χ3v) is 2.76. The topological polar surface area (TPSA) is 47.9 Å². The molecule has 1 heterocycles. The van der Waals surface area contributed by atoms with Crippen LogP contribution in [0.1, 0.15) is 13.8 Å². The van der Waals surface area contributed by atoms with Gasteiger partial charge in [0.1, 0.15) is 12.7 Å². The van der Waals surface area contributed by atoms with Gasteiger partial charge in [0, 0.05) is 0 Å². The molecule has 1 N–H and O–H groups in total. The molecule has 1 aliphatic rings. The Labute approximate surface area is 60.8 Å². The van der Waals surface area contributed by atoms with Gasteiger partial charge < -0.3 is 0 Å². The van der Waals surface area contributed by atoms with Gasteiger partial charge in [0.15, 0.2) is 0 Å². The summed E-state index contributed by atoms with van der Waals surface area (Å²) < 4.78 is 14.8. The molecule has 10 heavy (non-hydrogen) atoms. The highest BCUT2D eigenvalue weighted by Gasteiger charge is 2.52. The normalized spacial score (nSPS) is 40.5. The third kappa shape index (κ3) is 1.87. The Hall–Kier alpha value is 0.270. The average Bonchev–Trinajstić information content (AvgIpc) is 2.12. The first-order chi connectivity index (χ1) is 4.66. The van der Waals surface area contributed by atoms with E-state index in [1.165, 1.54) is 0 Å². The number of hydrogen-bond donors (Lipinski definition) is 1. The predicted molar refractivity (Wildman–Crippen MR) is 37.3 cm³/mol. The van der Waals surface area contributed by atoms with Crippen LogP contribution in [0.5, 0.6) is 0 Å². The molecule has 0 aromatic heterocycles. The van der Waals surface area contributed by atoms with Crippen molar-refractivity contribution in [1.29, 1.82) is 0 Å². The fourth-order valence-electron chi connectivity index (χ4n) is 0.718. The van der Waals surface area contributed by atoms with Crippen LogP contribution in [0.25, 0.3) is 0 Å². The summed E-state index contributed by atoms with van der Waals surface area (Å²) in [4.78, 5) is 9.31. The summed E-state index contributed by atoms with van der Waals surface area (Å²) in [6.07, 6.45) is -0.0510. The van der Waals surface area contributed by atoms with Crippen molar-refractivity contribution in [2.45, 2.75) is 20.0 Å². The fraction of sp³-hybridized carbons (Fsp3) is 1.00. The lowest BCUT2D eigenvalue weighted by molar-refractivity contribution is 0.151. The van der Waals surface area contributed by atoms with E-state index in [0.717, 1.165) is 0 Å². The molecule has 0 spiro atoms. The molecule has 0 aromatic rings. The lowest BCUT2D eigenvalue weighted by Gasteiger charge is -2.04. The second-order valence-electron chi connectivity index (χ2n) is 2.10. The predicted octanol–water partition coefficient (Wildman–Crippen LogP) is 1.13. The van der Waals surface area contributed by atoms with Crippen molar-refractivity contribution in [1.82, 2.24) is 0 Å². The summed E-state index contributed by atoms with van der Waals surface area (Å²) in [6, 6.07) is 0. The summed E-state index contributed by atoms with van der Waals surface area (Å²) in [5.41, 5.74) is 0. The van der Waals surface area contributed by atoms with E-state index >= 15 is 0 Å². The van der Waals surface area contributed by atoms with Gasteiger partial charge in [-0.25, -0.2) is 0 Å². The van der Waals surface area contributed by atoms with Crippen molar-refractivity contribution in [3.05, 3.63) is 0 Å². The van der Waals surface area contributed by atoms with Gasteiger partial charge in [-0.2, -0.15) is 13.9 Å². The van der Waals surface area contributed by atoms with E-state index in [-0.39, 0.29) is 6.10 Å². The van der Waals surface area contributed by atoms with Gasteiger partial charge in [0.05, 0.1) is 6.61 Å². The molecule has 0 saturated carbocycles. The quantitative estimate of drug-likeness (QED) is 0.626. The van der Waals surface area contributed by atoms with E-state index in [0.29, 0.717) is 13.2 Å². The van der Waals surface area contributed by atoms with Crippen molar-refractivity contribution in [3.63, 3.8) is 0 Å². The molecular weight excluding hydrogens is 155 g/mol. The smallest absolute Gasteiger partial charge is 0.168 e. The molecule has 5 heteroatoms. The van der Waals surface area contributed by atoms with E-state index in [1.807, 2.05) is 6.92 Å². The summed E-state index contributed by atoms with van der Waals surface area (Å²) >= 11 is 0. The van der Waals surface area contributed by atoms with Crippen molar-refractivity contribution in [3.8, 4) is 0 Å². The van der Waals surface area contributed by atoms with Gasteiger partial charge in [0.25, 0.3) is 0 Å². The Bertz CT molecular complexity index is 116. The molecule has 0 bridgehead atoms. The Balaban J connectivity index is 2.38. The summed E-state index contributed by atoms with van der Waals surface area (Å²) in [5.74, 6) is 0. The number of rotatable bonds is 2. The summed E-state index contributed by atoms with van der Waals surface area (Å²) in [5, 5.41) is 0. The minimum absolute atomic E-state index is 0.0510. The first-order valence-electron chi connectivity index (χ1n) is 3.25. The zero-order valence-electron chi connectivity index (χ0n) is 6.11. The van der Waals surface area contributed by atoms with Crippen LogP contribution < -0.4 is 0 Å². The maximum absolute atomic E-state index is 9.31. The monoisotopic (exact) mass is 167 g/mol. The van der Waals surface area contributed by atoms with Gasteiger partial charge in [-0.05, 0) is 13.8 Å². The maximum atomic E-state index is 9.31. The molecule has 60 valence electrons. The molecule has 2 atom stereocenters. The van der Waals surface area contributed by atoms with Crippen LogP contribution in [0, 0.1) is 0 Å². The van der Waals surface area contributed by atoms with Crippen molar-refractivity contribution >= 4 is 8.17 Å². The van der Waals surface area contributed by atoms with Crippen molar-refractivity contribution in [2.24, 2.45) is 0 Å². The molecule has 0 aliphatic carbocycles. The second-order valence-corrected chi connectivity index (χ2v) is 3.76. The van der Waals surface area contributed by atoms with Crippen molar-refractivity contribution in [2.75, 3.05) is 13.2 Å². The van der Waals surface area contributed by atoms with Crippen LogP contribution in [0.15, 0.2) is 0 Å². The van der Waals surface area contributed by atoms with Gasteiger partial charge >= 0.3 is 8.17 Å². The zero-order valence-corrected chi connectivity index (χ0v) is 7.01. The largest absolute Gasteiger partial charge is 0.573 e. The lowest BCUT2D eigenvalue weighted by atomic mass is 10.5. The minimum Gasteiger partial charge on any atom is -0.168 e. The van der Waals surface area contributed by atoms with Crippen LogP contribution in [-0.4, -0.2) is 24.2 Å². The first kappa shape index (κ1) is 8.37. The molecule has 1 saturated heterocycles. The Morgan fingerprint density at radius 2 is 2.50 bits per heavy atom. The van der Waals surface area contributed by atoms with E-state index < -0.39 is 8.17 Å². The molecule has 1 aliphatic heterocycles. The zero-order chi connectivity index (χ0) is 7.61. The van der Waals surface area contributed by atoms with Gasteiger partial charge in [-0.1, -0.05) is 0 Å². The highest BCUT2D eigenvalue weighted by molar-refractivity contribution is 7.55. The molecule has 1 fully saturated rings. The molecule has 1 rings (SSSR count). The average molecular weight is 167 g/mol. The van der Waals surface area contributed by atoms with Gasteiger partial charge in [0.2, 0.25) is 0 Å². The van der Waals surface area contributed by atoms with E-state index in [1.54, 1.807) is 6.92 Å². The van der Waals surface area contributed by atoms with E-state index in [4.69, 9.17) is 13.6 Å². The summed E-state index contributed by atoms with van der Waals surface area (Å²) in [6.45, 7) is 4.45. The molecule has 0 radical (unpaired) electrons. The Morgan fingerprint density at radius 3 is 2.90 bits per heavy atom. The van der Waals surface area contributed by atoms with Gasteiger partial charge in [-0.3, -0.25) is 0 Å². The standard InChI is InChI=1S/C5H12O4P/c1-3-7-10(6)8-4-5(2)9-10/h5-6H,3-4H2,1-2H3/q+1/t5-,10?/m0/s1. The van der Waals surface area contributed by atoms with Crippen LogP contribution >= 0.6 is 8.17 Å². The molecule has 4 nitrogen and oxygen atoms in total.